The highest BCUT2D eigenvalue weighted by molar-refractivity contribution is 9.10. The summed E-state index contributed by atoms with van der Waals surface area (Å²) in [6, 6.07) is 2.37. The lowest BCUT2D eigenvalue weighted by Gasteiger charge is -2.16. The van der Waals surface area contributed by atoms with Crippen LogP contribution in [0.5, 0.6) is 0 Å². The summed E-state index contributed by atoms with van der Waals surface area (Å²) in [7, 11) is -3.33. The van der Waals surface area contributed by atoms with E-state index in [1.54, 1.807) is 0 Å². The molecular formula is C10H9BrF3NO4S. The van der Waals surface area contributed by atoms with Crippen LogP contribution in [0, 0.1) is 0 Å². The van der Waals surface area contributed by atoms with E-state index in [2.05, 4.69) is 15.9 Å². The lowest BCUT2D eigenvalue weighted by molar-refractivity contribution is -0.138. The summed E-state index contributed by atoms with van der Waals surface area (Å²) in [6.45, 7) is -0.847. The summed E-state index contributed by atoms with van der Waals surface area (Å²) >= 11 is 2.69. The number of hydrogen-bond acceptors (Lipinski definition) is 3. The Hall–Kier alpha value is -1.13. The summed E-state index contributed by atoms with van der Waals surface area (Å²) in [5, 5.41) is 8.53. The van der Waals surface area contributed by atoms with Crippen molar-refractivity contribution in [1.29, 1.82) is 0 Å². The van der Waals surface area contributed by atoms with Gasteiger partial charge in [-0.15, -0.1) is 0 Å². The van der Waals surface area contributed by atoms with Crippen LogP contribution in [0.15, 0.2) is 27.6 Å². The van der Waals surface area contributed by atoms with Gasteiger partial charge in [0, 0.05) is 11.5 Å². The van der Waals surface area contributed by atoms with Crippen molar-refractivity contribution in [2.45, 2.75) is 11.1 Å². The molecule has 0 radical (unpaired) electrons. The number of nitrogens with zero attached hydrogens (tertiary/aromatic N) is 1. The van der Waals surface area contributed by atoms with E-state index in [1.165, 1.54) is 0 Å². The fraction of sp³-hybridized carbons (Fsp3) is 0.300. The standard InChI is InChI=1S/C10H9BrF3NO4S/c1-15(5-9(16)17)20(18,19)6-2-3-8(11)7(4-6)10(12,13)14/h2-4H,5H2,1H3,(H,16,17). The van der Waals surface area contributed by atoms with Gasteiger partial charge in [-0.1, -0.05) is 15.9 Å². The Kier molecular flexibility index (Phi) is 4.82. The van der Waals surface area contributed by atoms with Crippen LogP contribution in [0.2, 0.25) is 0 Å². The normalized spacial score (nSPS) is 12.7. The number of alkyl halides is 3. The lowest BCUT2D eigenvalue weighted by atomic mass is 10.2. The van der Waals surface area contributed by atoms with Crippen LogP contribution in [0.3, 0.4) is 0 Å². The molecule has 10 heteroatoms. The van der Waals surface area contributed by atoms with E-state index in [-0.39, 0.29) is 4.47 Å². The molecule has 0 amide bonds. The van der Waals surface area contributed by atoms with Crippen molar-refractivity contribution >= 4 is 31.9 Å². The molecule has 1 rings (SSSR count). The number of likely N-dealkylation sites (N-methyl/N-ethyl adjacent to an activating group) is 1. The number of halogens is 4. The number of sulfonamides is 1. The molecule has 0 saturated heterocycles. The summed E-state index contributed by atoms with van der Waals surface area (Å²) in [5.74, 6) is -1.41. The molecule has 0 aliphatic carbocycles. The number of carboxylic acid groups (broad SMARTS) is 1. The predicted octanol–water partition coefficient (Wildman–Crippen LogP) is 2.17. The first-order valence-electron chi connectivity index (χ1n) is 5.01. The molecule has 0 aliphatic heterocycles. The van der Waals surface area contributed by atoms with Crippen molar-refractivity contribution in [2.24, 2.45) is 0 Å². The SMILES string of the molecule is CN(CC(=O)O)S(=O)(=O)c1ccc(Br)c(C(F)(F)F)c1. The molecule has 0 aromatic heterocycles. The Balaban J connectivity index is 3.31. The molecule has 1 aromatic carbocycles. The molecule has 0 heterocycles. The molecular weight excluding hydrogens is 367 g/mol. The van der Waals surface area contributed by atoms with Crippen molar-refractivity contribution in [1.82, 2.24) is 4.31 Å². The van der Waals surface area contributed by atoms with Gasteiger partial charge in [-0.05, 0) is 18.2 Å². The zero-order valence-corrected chi connectivity index (χ0v) is 12.4. The molecule has 0 atom stereocenters. The average molecular weight is 376 g/mol. The average Bonchev–Trinajstić information content (AvgIpc) is 2.26. The van der Waals surface area contributed by atoms with Crippen LogP contribution in [0.4, 0.5) is 13.2 Å². The zero-order valence-electron chi connectivity index (χ0n) is 9.98. The molecule has 112 valence electrons. The topological polar surface area (TPSA) is 74.7 Å². The van der Waals surface area contributed by atoms with E-state index in [4.69, 9.17) is 5.11 Å². The van der Waals surface area contributed by atoms with Crippen LogP contribution in [-0.2, 0) is 21.0 Å². The fourth-order valence-corrected chi connectivity index (χ4v) is 2.96. The number of rotatable bonds is 4. The summed E-state index contributed by atoms with van der Waals surface area (Å²) in [5.41, 5.74) is -1.15. The number of carbonyl (C=O) groups is 1. The third kappa shape index (κ3) is 3.70. The predicted molar refractivity (Wildman–Crippen MR) is 66.6 cm³/mol. The van der Waals surface area contributed by atoms with Crippen molar-refractivity contribution in [3.8, 4) is 0 Å². The molecule has 1 N–H and O–H groups in total. The highest BCUT2D eigenvalue weighted by Gasteiger charge is 2.35. The molecule has 0 fully saturated rings. The Bertz CT molecular complexity index is 630. The molecule has 0 aliphatic rings. The van der Waals surface area contributed by atoms with Gasteiger partial charge < -0.3 is 5.11 Å². The van der Waals surface area contributed by atoms with E-state index in [9.17, 15) is 26.4 Å². The van der Waals surface area contributed by atoms with Gasteiger partial charge in [0.1, 0.15) is 6.54 Å². The van der Waals surface area contributed by atoms with Crippen LogP contribution in [0.25, 0.3) is 0 Å². The molecule has 5 nitrogen and oxygen atoms in total. The Morgan fingerprint density at radius 1 is 1.40 bits per heavy atom. The van der Waals surface area contributed by atoms with Crippen molar-refractivity contribution < 1.29 is 31.5 Å². The number of benzene rings is 1. The highest BCUT2D eigenvalue weighted by atomic mass is 79.9. The zero-order chi connectivity index (χ0) is 15.7. The first-order chi connectivity index (χ1) is 8.96. The van der Waals surface area contributed by atoms with Crippen molar-refractivity contribution in [3.63, 3.8) is 0 Å². The number of aliphatic carboxylic acids is 1. The quantitative estimate of drug-likeness (QED) is 0.874. The summed E-state index contributed by atoms with van der Waals surface area (Å²) < 4.78 is 62.1. The Morgan fingerprint density at radius 3 is 2.40 bits per heavy atom. The van der Waals surface area contributed by atoms with Crippen molar-refractivity contribution in [2.75, 3.05) is 13.6 Å². The van der Waals surface area contributed by atoms with E-state index in [0.29, 0.717) is 10.4 Å². The Labute approximate surface area is 121 Å². The third-order valence-electron chi connectivity index (χ3n) is 2.31. The molecule has 0 spiro atoms. The highest BCUT2D eigenvalue weighted by Crippen LogP contribution is 2.36. The summed E-state index contributed by atoms with van der Waals surface area (Å²) in [6.07, 6.45) is -4.73. The largest absolute Gasteiger partial charge is 0.480 e. The minimum Gasteiger partial charge on any atom is -0.480 e. The van der Waals surface area contributed by atoms with Gasteiger partial charge in [0.2, 0.25) is 10.0 Å². The second-order valence-corrected chi connectivity index (χ2v) is 6.69. The molecule has 1 aromatic rings. The maximum absolute atomic E-state index is 12.7. The van der Waals surface area contributed by atoms with Crippen molar-refractivity contribution in [3.05, 3.63) is 28.2 Å². The Morgan fingerprint density at radius 2 is 1.95 bits per heavy atom. The second kappa shape index (κ2) is 5.70. The van der Waals surface area contributed by atoms with E-state index in [0.717, 1.165) is 19.2 Å². The van der Waals surface area contributed by atoms with Crippen LogP contribution < -0.4 is 0 Å². The number of carboxylic acids is 1. The minimum absolute atomic E-state index is 0.301. The monoisotopic (exact) mass is 375 g/mol. The van der Waals surface area contributed by atoms with Gasteiger partial charge in [0.05, 0.1) is 10.5 Å². The first-order valence-corrected chi connectivity index (χ1v) is 7.24. The van der Waals surface area contributed by atoms with Gasteiger partial charge in [-0.3, -0.25) is 4.79 Å². The molecule has 20 heavy (non-hydrogen) atoms. The van der Waals surface area contributed by atoms with E-state index in [1.807, 2.05) is 0 Å². The van der Waals surface area contributed by atoms with Gasteiger partial charge >= 0.3 is 12.1 Å². The lowest BCUT2D eigenvalue weighted by Crippen LogP contribution is -2.32. The van der Waals surface area contributed by atoms with E-state index < -0.39 is 39.2 Å². The second-order valence-electron chi connectivity index (χ2n) is 3.79. The first kappa shape index (κ1) is 16.9. The van der Waals surface area contributed by atoms with Gasteiger partial charge in [0.15, 0.2) is 0 Å². The third-order valence-corrected chi connectivity index (χ3v) is 4.80. The van der Waals surface area contributed by atoms with Gasteiger partial charge in [-0.25, -0.2) is 8.42 Å². The van der Waals surface area contributed by atoms with Crippen LogP contribution >= 0.6 is 15.9 Å². The molecule has 0 bridgehead atoms. The van der Waals surface area contributed by atoms with E-state index >= 15 is 0 Å². The fourth-order valence-electron chi connectivity index (χ4n) is 1.34. The maximum Gasteiger partial charge on any atom is 0.417 e. The smallest absolute Gasteiger partial charge is 0.417 e. The summed E-state index contributed by atoms with van der Waals surface area (Å²) in [4.78, 5) is 9.85. The molecule has 0 unspecified atom stereocenters. The number of hydrogen-bond donors (Lipinski definition) is 1. The molecule has 0 saturated carbocycles. The van der Waals surface area contributed by atoms with Crippen LogP contribution in [0.1, 0.15) is 5.56 Å². The maximum atomic E-state index is 12.7. The van der Waals surface area contributed by atoms with Gasteiger partial charge in [-0.2, -0.15) is 17.5 Å². The van der Waals surface area contributed by atoms with Gasteiger partial charge in [0.25, 0.3) is 0 Å². The minimum atomic E-state index is -4.73. The van der Waals surface area contributed by atoms with Crippen LogP contribution in [-0.4, -0.2) is 37.4 Å².